The topological polar surface area (TPSA) is 52.3 Å². The summed E-state index contributed by atoms with van der Waals surface area (Å²) >= 11 is 0. The van der Waals surface area contributed by atoms with E-state index in [2.05, 4.69) is 0 Å². The van der Waals surface area contributed by atoms with Crippen LogP contribution in [0.4, 0.5) is 5.69 Å². The lowest BCUT2D eigenvalue weighted by Crippen LogP contribution is -2.07. The molecule has 2 rings (SSSR count). The number of carbonyl (C=O) groups is 1. The summed E-state index contributed by atoms with van der Waals surface area (Å²) in [5.41, 5.74) is 10.6. The first-order chi connectivity index (χ1) is 9.45. The largest absolute Gasteiger partial charge is 0.496 e. The van der Waals surface area contributed by atoms with Crippen LogP contribution < -0.4 is 10.5 Å². The molecule has 2 aromatic carbocycles. The third kappa shape index (κ3) is 2.39. The Kier molecular flexibility index (Phi) is 3.79. The molecule has 2 aromatic rings. The van der Waals surface area contributed by atoms with Gasteiger partial charge in [0.25, 0.3) is 0 Å². The van der Waals surface area contributed by atoms with Gasteiger partial charge in [-0.05, 0) is 67.8 Å². The van der Waals surface area contributed by atoms with Crippen molar-refractivity contribution in [3.05, 3.63) is 58.1 Å². The van der Waals surface area contributed by atoms with Gasteiger partial charge in [0.05, 0.1) is 7.11 Å². The van der Waals surface area contributed by atoms with Crippen molar-refractivity contribution in [3.63, 3.8) is 0 Å². The molecule has 0 heterocycles. The summed E-state index contributed by atoms with van der Waals surface area (Å²) in [7, 11) is 1.65. The van der Waals surface area contributed by atoms with Gasteiger partial charge in [0, 0.05) is 16.8 Å². The van der Waals surface area contributed by atoms with E-state index in [1.165, 1.54) is 0 Å². The fraction of sp³-hybridized carbons (Fsp3) is 0.235. The third-order valence-electron chi connectivity index (χ3n) is 3.65. The molecule has 3 nitrogen and oxygen atoms in total. The van der Waals surface area contributed by atoms with Crippen LogP contribution in [0.2, 0.25) is 0 Å². The molecule has 104 valence electrons. The van der Waals surface area contributed by atoms with Gasteiger partial charge < -0.3 is 10.5 Å². The molecule has 2 N–H and O–H groups in total. The number of aryl methyl sites for hydroxylation is 1. The molecule has 0 aliphatic heterocycles. The maximum Gasteiger partial charge on any atom is 0.193 e. The molecule has 0 saturated carbocycles. The van der Waals surface area contributed by atoms with Crippen molar-refractivity contribution in [1.29, 1.82) is 0 Å². The minimum absolute atomic E-state index is 0.0105. The maximum atomic E-state index is 12.6. The predicted octanol–water partition coefficient (Wildman–Crippen LogP) is 3.43. The van der Waals surface area contributed by atoms with E-state index < -0.39 is 0 Å². The van der Waals surface area contributed by atoms with Crippen LogP contribution in [0, 0.1) is 20.8 Å². The van der Waals surface area contributed by atoms with E-state index in [4.69, 9.17) is 10.5 Å². The molecular weight excluding hydrogens is 250 g/mol. The highest BCUT2D eigenvalue weighted by atomic mass is 16.5. The number of nitrogen functional groups attached to an aromatic ring is 1. The smallest absolute Gasteiger partial charge is 0.193 e. The summed E-state index contributed by atoms with van der Waals surface area (Å²) in [6.07, 6.45) is 0. The Labute approximate surface area is 119 Å². The molecule has 0 aliphatic carbocycles. The molecule has 0 aliphatic rings. The number of carbonyl (C=O) groups excluding carboxylic acids is 1. The lowest BCUT2D eigenvalue weighted by molar-refractivity contribution is 0.103. The number of rotatable bonds is 3. The Morgan fingerprint density at radius 1 is 1.05 bits per heavy atom. The molecule has 0 unspecified atom stereocenters. The lowest BCUT2D eigenvalue weighted by atomic mass is 9.93. The standard InChI is InChI=1S/C17H19NO2/c1-10-9-15(11(2)12(3)17(10)20-4)16(19)13-5-7-14(18)8-6-13/h5-9H,18H2,1-4H3. The molecular formula is C17H19NO2. The van der Waals surface area contributed by atoms with E-state index in [-0.39, 0.29) is 5.78 Å². The number of hydrogen-bond donors (Lipinski definition) is 1. The average molecular weight is 269 g/mol. The van der Waals surface area contributed by atoms with Gasteiger partial charge in [-0.3, -0.25) is 4.79 Å². The Bertz CT molecular complexity index is 658. The van der Waals surface area contributed by atoms with E-state index in [1.54, 1.807) is 31.4 Å². The molecule has 20 heavy (non-hydrogen) atoms. The number of ketones is 1. The van der Waals surface area contributed by atoms with Crippen molar-refractivity contribution in [2.75, 3.05) is 12.8 Å². The minimum Gasteiger partial charge on any atom is -0.496 e. The van der Waals surface area contributed by atoms with Crippen molar-refractivity contribution >= 4 is 11.5 Å². The zero-order chi connectivity index (χ0) is 14.9. The summed E-state index contributed by atoms with van der Waals surface area (Å²) < 4.78 is 5.38. The van der Waals surface area contributed by atoms with Crippen LogP contribution in [0.25, 0.3) is 0 Å². The van der Waals surface area contributed by atoms with Crippen molar-refractivity contribution in [3.8, 4) is 5.75 Å². The highest BCUT2D eigenvalue weighted by molar-refractivity contribution is 6.10. The van der Waals surface area contributed by atoms with Crippen LogP contribution in [0.3, 0.4) is 0 Å². The highest BCUT2D eigenvalue weighted by Crippen LogP contribution is 2.29. The van der Waals surface area contributed by atoms with Crippen LogP contribution in [0.5, 0.6) is 5.75 Å². The minimum atomic E-state index is 0.0105. The van der Waals surface area contributed by atoms with E-state index in [9.17, 15) is 4.79 Å². The monoisotopic (exact) mass is 269 g/mol. The Morgan fingerprint density at radius 2 is 1.65 bits per heavy atom. The summed E-state index contributed by atoms with van der Waals surface area (Å²) in [5, 5.41) is 0. The average Bonchev–Trinajstić information content (AvgIpc) is 2.43. The lowest BCUT2D eigenvalue weighted by Gasteiger charge is -2.15. The number of ether oxygens (including phenoxy) is 1. The molecule has 0 saturated heterocycles. The Morgan fingerprint density at radius 3 is 2.20 bits per heavy atom. The SMILES string of the molecule is COc1c(C)cc(C(=O)c2ccc(N)cc2)c(C)c1C. The number of anilines is 1. The van der Waals surface area contributed by atoms with Gasteiger partial charge in [-0.1, -0.05) is 0 Å². The molecule has 0 aromatic heterocycles. The zero-order valence-electron chi connectivity index (χ0n) is 12.3. The summed E-state index contributed by atoms with van der Waals surface area (Å²) in [6, 6.07) is 8.88. The van der Waals surface area contributed by atoms with Crippen LogP contribution in [0.15, 0.2) is 30.3 Å². The second kappa shape index (κ2) is 5.37. The maximum absolute atomic E-state index is 12.6. The van der Waals surface area contributed by atoms with Gasteiger partial charge in [-0.2, -0.15) is 0 Å². The molecule has 0 radical (unpaired) electrons. The third-order valence-corrected chi connectivity index (χ3v) is 3.65. The zero-order valence-corrected chi connectivity index (χ0v) is 12.3. The molecule has 3 heteroatoms. The predicted molar refractivity (Wildman–Crippen MR) is 81.5 cm³/mol. The van der Waals surface area contributed by atoms with Crippen LogP contribution in [-0.4, -0.2) is 12.9 Å². The second-order valence-electron chi connectivity index (χ2n) is 4.98. The fourth-order valence-corrected chi connectivity index (χ4v) is 2.40. The van der Waals surface area contributed by atoms with Crippen LogP contribution in [-0.2, 0) is 0 Å². The summed E-state index contributed by atoms with van der Waals surface area (Å²) in [4.78, 5) is 12.6. The normalized spacial score (nSPS) is 10.4. The summed E-state index contributed by atoms with van der Waals surface area (Å²) in [6.45, 7) is 5.87. The Balaban J connectivity index is 2.53. The number of nitrogens with two attached hydrogens (primary N) is 1. The van der Waals surface area contributed by atoms with E-state index in [0.717, 1.165) is 22.4 Å². The first-order valence-electron chi connectivity index (χ1n) is 6.50. The van der Waals surface area contributed by atoms with Crippen LogP contribution in [0.1, 0.15) is 32.6 Å². The van der Waals surface area contributed by atoms with Gasteiger partial charge in [-0.15, -0.1) is 0 Å². The van der Waals surface area contributed by atoms with Crippen LogP contribution >= 0.6 is 0 Å². The fourth-order valence-electron chi connectivity index (χ4n) is 2.40. The van der Waals surface area contributed by atoms with Crippen molar-refractivity contribution < 1.29 is 9.53 Å². The number of methoxy groups -OCH3 is 1. The van der Waals surface area contributed by atoms with E-state index in [0.29, 0.717) is 16.8 Å². The molecule has 0 spiro atoms. The molecule has 0 fully saturated rings. The quantitative estimate of drug-likeness (QED) is 0.686. The van der Waals surface area contributed by atoms with Crippen molar-refractivity contribution in [2.45, 2.75) is 20.8 Å². The van der Waals surface area contributed by atoms with Gasteiger partial charge in [0.15, 0.2) is 5.78 Å². The summed E-state index contributed by atoms with van der Waals surface area (Å²) in [5.74, 6) is 0.854. The Hall–Kier alpha value is -2.29. The molecule has 0 atom stereocenters. The first-order valence-corrected chi connectivity index (χ1v) is 6.50. The van der Waals surface area contributed by atoms with Gasteiger partial charge in [0.2, 0.25) is 0 Å². The van der Waals surface area contributed by atoms with Gasteiger partial charge >= 0.3 is 0 Å². The molecule has 0 amide bonds. The van der Waals surface area contributed by atoms with Crippen molar-refractivity contribution in [2.24, 2.45) is 0 Å². The van der Waals surface area contributed by atoms with Crippen molar-refractivity contribution in [1.82, 2.24) is 0 Å². The van der Waals surface area contributed by atoms with Gasteiger partial charge in [0.1, 0.15) is 5.75 Å². The highest BCUT2D eigenvalue weighted by Gasteiger charge is 2.17. The van der Waals surface area contributed by atoms with Gasteiger partial charge in [-0.25, -0.2) is 0 Å². The molecule has 0 bridgehead atoms. The second-order valence-corrected chi connectivity index (χ2v) is 4.98. The first kappa shape index (κ1) is 14.1. The number of benzene rings is 2. The number of hydrogen-bond acceptors (Lipinski definition) is 3. The van der Waals surface area contributed by atoms with E-state index in [1.807, 2.05) is 26.8 Å². The van der Waals surface area contributed by atoms with E-state index >= 15 is 0 Å².